The number of hydrogen-bond acceptors (Lipinski definition) is 2. The molecule has 3 aromatic rings. The van der Waals surface area contributed by atoms with E-state index in [0.29, 0.717) is 11.1 Å². The summed E-state index contributed by atoms with van der Waals surface area (Å²) in [6, 6.07) is 14.2. The van der Waals surface area contributed by atoms with Gasteiger partial charge >= 0.3 is 12.4 Å². The van der Waals surface area contributed by atoms with Gasteiger partial charge in [0.2, 0.25) is 0 Å². The van der Waals surface area contributed by atoms with Gasteiger partial charge in [0.25, 0.3) is 0 Å². The van der Waals surface area contributed by atoms with Crippen LogP contribution in [0.4, 0.5) is 26.3 Å². The standard InChI is InChI=1S/C20H11F6N3/c21-19(22,23)17-11-18(20(24,25)26)29(28-17)16-8-6-13(7-9-16)4-5-14-2-1-3-15(10-14)12-27/h1-11H. The predicted octanol–water partition coefficient (Wildman–Crippen LogP) is 5.95. The van der Waals surface area contributed by atoms with E-state index in [1.165, 1.54) is 24.3 Å². The van der Waals surface area contributed by atoms with Gasteiger partial charge in [0, 0.05) is 6.07 Å². The lowest BCUT2D eigenvalue weighted by molar-refractivity contribution is -0.143. The predicted molar refractivity (Wildman–Crippen MR) is 93.7 cm³/mol. The SMILES string of the molecule is N#Cc1cccc(C=Cc2ccc(-n3nc(C(F)(F)F)cc3C(F)(F)F)cc2)c1. The van der Waals surface area contributed by atoms with Crippen molar-refractivity contribution in [3.05, 3.63) is 82.7 Å². The zero-order chi connectivity index (χ0) is 21.2. The third-order valence-corrected chi connectivity index (χ3v) is 3.91. The highest BCUT2D eigenvalue weighted by molar-refractivity contribution is 5.70. The molecule has 0 radical (unpaired) electrons. The minimum atomic E-state index is -5.00. The first-order chi connectivity index (χ1) is 13.6. The maximum atomic E-state index is 13.1. The van der Waals surface area contributed by atoms with Crippen molar-refractivity contribution in [2.45, 2.75) is 12.4 Å². The maximum Gasteiger partial charge on any atom is 0.435 e. The maximum absolute atomic E-state index is 13.1. The lowest BCUT2D eigenvalue weighted by Crippen LogP contribution is -2.13. The molecule has 0 saturated heterocycles. The third-order valence-electron chi connectivity index (χ3n) is 3.91. The first-order valence-corrected chi connectivity index (χ1v) is 8.11. The highest BCUT2D eigenvalue weighted by atomic mass is 19.4. The number of alkyl halides is 6. The summed E-state index contributed by atoms with van der Waals surface area (Å²) in [6.45, 7) is 0. The van der Waals surface area contributed by atoms with Crippen LogP contribution in [-0.4, -0.2) is 9.78 Å². The Morgan fingerprint density at radius 3 is 2.07 bits per heavy atom. The van der Waals surface area contributed by atoms with Crippen molar-refractivity contribution in [1.82, 2.24) is 9.78 Å². The van der Waals surface area contributed by atoms with Gasteiger partial charge in [0.1, 0.15) is 5.69 Å². The van der Waals surface area contributed by atoms with E-state index in [9.17, 15) is 26.3 Å². The van der Waals surface area contributed by atoms with E-state index in [0.717, 1.165) is 5.56 Å². The second kappa shape index (κ2) is 7.47. The molecule has 2 aromatic carbocycles. The van der Waals surface area contributed by atoms with Crippen molar-refractivity contribution in [1.29, 1.82) is 5.26 Å². The van der Waals surface area contributed by atoms with Crippen LogP contribution in [0.3, 0.4) is 0 Å². The fraction of sp³-hybridized carbons (Fsp3) is 0.100. The first-order valence-electron chi connectivity index (χ1n) is 8.11. The topological polar surface area (TPSA) is 41.6 Å². The van der Waals surface area contributed by atoms with Crippen molar-refractivity contribution in [2.75, 3.05) is 0 Å². The van der Waals surface area contributed by atoms with Crippen LogP contribution in [0.1, 0.15) is 28.1 Å². The van der Waals surface area contributed by atoms with Crippen LogP contribution in [0.25, 0.3) is 17.8 Å². The first kappa shape index (κ1) is 20.2. The molecule has 0 amide bonds. The molecule has 0 aliphatic heterocycles. The van der Waals surface area contributed by atoms with Gasteiger partial charge in [-0.2, -0.15) is 36.7 Å². The van der Waals surface area contributed by atoms with Crippen LogP contribution in [0.2, 0.25) is 0 Å². The second-order valence-corrected chi connectivity index (χ2v) is 5.98. The molecule has 0 aliphatic carbocycles. The fourth-order valence-corrected chi connectivity index (χ4v) is 2.55. The molecule has 0 N–H and O–H groups in total. The van der Waals surface area contributed by atoms with Gasteiger partial charge in [-0.15, -0.1) is 0 Å². The fourth-order valence-electron chi connectivity index (χ4n) is 2.55. The van der Waals surface area contributed by atoms with Gasteiger partial charge in [-0.05, 0) is 35.4 Å². The minimum absolute atomic E-state index is 0.0179. The quantitative estimate of drug-likeness (QED) is 0.398. The molecule has 1 heterocycles. The van der Waals surface area contributed by atoms with Crippen molar-refractivity contribution in [3.63, 3.8) is 0 Å². The van der Waals surface area contributed by atoms with Crippen LogP contribution in [0, 0.1) is 11.3 Å². The highest BCUT2D eigenvalue weighted by Crippen LogP contribution is 2.36. The molecule has 1 aromatic heterocycles. The number of aromatic nitrogens is 2. The van der Waals surface area contributed by atoms with Gasteiger partial charge < -0.3 is 0 Å². The largest absolute Gasteiger partial charge is 0.435 e. The van der Waals surface area contributed by atoms with Crippen LogP contribution in [0.15, 0.2) is 54.6 Å². The Kier molecular flexibility index (Phi) is 5.20. The Hall–Kier alpha value is -3.54. The van der Waals surface area contributed by atoms with E-state index in [1.807, 2.05) is 6.07 Å². The summed E-state index contributed by atoms with van der Waals surface area (Å²) in [5.74, 6) is 0. The van der Waals surface area contributed by atoms with Crippen LogP contribution >= 0.6 is 0 Å². The van der Waals surface area contributed by atoms with Gasteiger partial charge in [-0.1, -0.05) is 36.4 Å². The highest BCUT2D eigenvalue weighted by Gasteiger charge is 2.42. The Labute approximate surface area is 161 Å². The van der Waals surface area contributed by atoms with E-state index >= 15 is 0 Å². The summed E-state index contributed by atoms with van der Waals surface area (Å²) in [5, 5.41) is 12.0. The Bertz CT molecular complexity index is 1080. The van der Waals surface area contributed by atoms with Crippen molar-refractivity contribution in [3.8, 4) is 11.8 Å². The molecule has 0 unspecified atom stereocenters. The molecule has 0 fully saturated rings. The average molecular weight is 407 g/mol. The zero-order valence-electron chi connectivity index (χ0n) is 14.5. The van der Waals surface area contributed by atoms with E-state index in [1.54, 1.807) is 36.4 Å². The summed E-state index contributed by atoms with van der Waals surface area (Å²) >= 11 is 0. The van der Waals surface area contributed by atoms with Crippen LogP contribution in [0.5, 0.6) is 0 Å². The molecule has 3 rings (SSSR count). The van der Waals surface area contributed by atoms with Gasteiger partial charge in [-0.25, -0.2) is 4.68 Å². The van der Waals surface area contributed by atoms with E-state index in [2.05, 4.69) is 5.10 Å². The third kappa shape index (κ3) is 4.66. The molecule has 29 heavy (non-hydrogen) atoms. The van der Waals surface area contributed by atoms with Gasteiger partial charge in [0.15, 0.2) is 5.69 Å². The second-order valence-electron chi connectivity index (χ2n) is 5.98. The molecule has 0 saturated carbocycles. The molecule has 9 heteroatoms. The molecular formula is C20H11F6N3. The summed E-state index contributed by atoms with van der Waals surface area (Å²) < 4.78 is 78.0. The van der Waals surface area contributed by atoms with Crippen molar-refractivity contribution >= 4 is 12.2 Å². The summed E-state index contributed by atoms with van der Waals surface area (Å²) in [6.07, 6.45) is -6.63. The zero-order valence-corrected chi connectivity index (χ0v) is 14.5. The molecule has 0 spiro atoms. The Balaban J connectivity index is 1.91. The number of nitrogens with zero attached hydrogens (tertiary/aromatic N) is 3. The monoisotopic (exact) mass is 407 g/mol. The van der Waals surface area contributed by atoms with Crippen LogP contribution < -0.4 is 0 Å². The molecule has 148 valence electrons. The molecule has 3 nitrogen and oxygen atoms in total. The number of halogens is 6. The summed E-state index contributed by atoms with van der Waals surface area (Å²) in [5.41, 5.74) is -1.47. The van der Waals surface area contributed by atoms with E-state index < -0.39 is 23.7 Å². The number of hydrogen-bond donors (Lipinski definition) is 0. The Morgan fingerprint density at radius 1 is 0.828 bits per heavy atom. The number of benzene rings is 2. The summed E-state index contributed by atoms with van der Waals surface area (Å²) in [4.78, 5) is 0. The number of nitriles is 1. The molecule has 0 aliphatic rings. The smallest absolute Gasteiger partial charge is 0.228 e. The van der Waals surface area contributed by atoms with Crippen molar-refractivity contribution < 1.29 is 26.3 Å². The molecule has 0 atom stereocenters. The number of rotatable bonds is 3. The lowest BCUT2D eigenvalue weighted by Gasteiger charge is -2.10. The van der Waals surface area contributed by atoms with Crippen LogP contribution in [-0.2, 0) is 12.4 Å². The van der Waals surface area contributed by atoms with Crippen molar-refractivity contribution in [2.24, 2.45) is 0 Å². The molecule has 0 bridgehead atoms. The van der Waals surface area contributed by atoms with Gasteiger partial charge in [0.05, 0.1) is 17.3 Å². The van der Waals surface area contributed by atoms with Gasteiger partial charge in [-0.3, -0.25) is 0 Å². The van der Waals surface area contributed by atoms with E-state index in [4.69, 9.17) is 5.26 Å². The Morgan fingerprint density at radius 2 is 1.48 bits per heavy atom. The minimum Gasteiger partial charge on any atom is -0.228 e. The van der Waals surface area contributed by atoms with E-state index in [-0.39, 0.29) is 16.4 Å². The average Bonchev–Trinajstić information content (AvgIpc) is 3.13. The normalized spacial score (nSPS) is 12.3. The lowest BCUT2D eigenvalue weighted by atomic mass is 10.1. The molecular weight excluding hydrogens is 396 g/mol. The summed E-state index contributed by atoms with van der Waals surface area (Å²) in [7, 11) is 0.